The first-order chi connectivity index (χ1) is 16.3. The third kappa shape index (κ3) is 4.21. The van der Waals surface area contributed by atoms with Gasteiger partial charge in [-0.05, 0) is 73.7 Å². The molecule has 0 aliphatic carbocycles. The average Bonchev–Trinajstić information content (AvgIpc) is 3.10. The number of hydrogen-bond donors (Lipinski definition) is 1. The number of anilines is 1. The van der Waals surface area contributed by atoms with Gasteiger partial charge in [-0.3, -0.25) is 14.5 Å². The number of aryl methyl sites for hydroxylation is 3. The van der Waals surface area contributed by atoms with Crippen LogP contribution < -0.4 is 9.64 Å². The van der Waals surface area contributed by atoms with Crippen molar-refractivity contribution in [3.63, 3.8) is 0 Å². The number of benzene rings is 3. The molecule has 0 radical (unpaired) electrons. The molecule has 0 saturated carbocycles. The smallest absolute Gasteiger partial charge is 0.300 e. The summed E-state index contributed by atoms with van der Waals surface area (Å²) in [6.45, 7) is 8.39. The first-order valence-electron chi connectivity index (χ1n) is 11.5. The Morgan fingerprint density at radius 2 is 1.68 bits per heavy atom. The quantitative estimate of drug-likeness (QED) is 0.280. The van der Waals surface area contributed by atoms with Crippen LogP contribution in [0, 0.1) is 20.8 Å². The Kier molecular flexibility index (Phi) is 6.55. The van der Waals surface area contributed by atoms with Crippen molar-refractivity contribution in [2.24, 2.45) is 0 Å². The minimum absolute atomic E-state index is 0.0822. The number of hydrogen-bond acceptors (Lipinski definition) is 4. The Balaban J connectivity index is 1.89. The fourth-order valence-electron chi connectivity index (χ4n) is 4.34. The summed E-state index contributed by atoms with van der Waals surface area (Å²) in [6.07, 6.45) is 0.889. The zero-order chi connectivity index (χ0) is 24.4. The molecule has 1 fully saturated rings. The Bertz CT molecular complexity index is 1280. The lowest BCUT2D eigenvalue weighted by Gasteiger charge is -2.27. The normalized spacial score (nSPS) is 17.3. The van der Waals surface area contributed by atoms with Crippen LogP contribution in [0.5, 0.6) is 5.75 Å². The molecule has 1 N–H and O–H groups in total. The summed E-state index contributed by atoms with van der Waals surface area (Å²) in [5.74, 6) is -0.807. The fraction of sp³-hybridized carbons (Fsp3) is 0.241. The number of nitrogens with zero attached hydrogens (tertiary/aromatic N) is 1. The molecule has 1 atom stereocenters. The highest BCUT2D eigenvalue weighted by atomic mass is 16.5. The minimum atomic E-state index is -0.738. The highest BCUT2D eigenvalue weighted by molar-refractivity contribution is 6.51. The molecule has 1 aliphatic rings. The van der Waals surface area contributed by atoms with Crippen LogP contribution in [0.4, 0.5) is 5.69 Å². The maximum absolute atomic E-state index is 13.3. The third-order valence-electron chi connectivity index (χ3n) is 6.09. The van der Waals surface area contributed by atoms with Crippen molar-refractivity contribution >= 4 is 23.1 Å². The second kappa shape index (κ2) is 9.56. The number of Topliss-reactive ketones (excluding diaryl/α,β-unsaturated/α-hetero) is 1. The average molecular weight is 456 g/mol. The van der Waals surface area contributed by atoms with E-state index in [-0.39, 0.29) is 11.3 Å². The van der Waals surface area contributed by atoms with E-state index in [9.17, 15) is 14.7 Å². The van der Waals surface area contributed by atoms with Gasteiger partial charge in [0.1, 0.15) is 11.5 Å². The van der Waals surface area contributed by atoms with Crippen molar-refractivity contribution in [3.05, 3.63) is 100 Å². The van der Waals surface area contributed by atoms with Gasteiger partial charge in [0, 0.05) is 11.3 Å². The Labute approximate surface area is 200 Å². The number of rotatable bonds is 6. The lowest BCUT2D eigenvalue weighted by atomic mass is 9.94. The van der Waals surface area contributed by atoms with Crippen molar-refractivity contribution in [1.29, 1.82) is 0 Å². The number of ketones is 1. The highest BCUT2D eigenvalue weighted by Gasteiger charge is 2.47. The van der Waals surface area contributed by atoms with E-state index in [4.69, 9.17) is 4.74 Å². The molecule has 174 valence electrons. The molecule has 1 amide bonds. The van der Waals surface area contributed by atoms with E-state index in [0.29, 0.717) is 17.9 Å². The third-order valence-corrected chi connectivity index (χ3v) is 6.09. The summed E-state index contributed by atoms with van der Waals surface area (Å²) in [5, 5.41) is 11.4. The maximum Gasteiger partial charge on any atom is 0.300 e. The molecule has 0 bridgehead atoms. The molecular formula is C29H29NO4. The van der Waals surface area contributed by atoms with E-state index >= 15 is 0 Å². The number of aliphatic hydroxyl groups excluding tert-OH is 1. The lowest BCUT2D eigenvalue weighted by Crippen LogP contribution is -2.30. The van der Waals surface area contributed by atoms with Crippen LogP contribution >= 0.6 is 0 Å². The summed E-state index contributed by atoms with van der Waals surface area (Å²) in [6, 6.07) is 19.7. The van der Waals surface area contributed by atoms with Crippen LogP contribution in [0.25, 0.3) is 5.76 Å². The maximum atomic E-state index is 13.3. The Morgan fingerprint density at radius 1 is 0.941 bits per heavy atom. The molecule has 0 spiro atoms. The highest BCUT2D eigenvalue weighted by Crippen LogP contribution is 2.43. The summed E-state index contributed by atoms with van der Waals surface area (Å²) >= 11 is 0. The number of carbonyl (C=O) groups excluding carboxylic acids is 2. The Hall–Kier alpha value is -3.86. The number of ether oxygens (including phenoxy) is 1. The van der Waals surface area contributed by atoms with Gasteiger partial charge in [0.25, 0.3) is 11.7 Å². The van der Waals surface area contributed by atoms with Gasteiger partial charge in [-0.15, -0.1) is 0 Å². The molecule has 3 aromatic carbocycles. The van der Waals surface area contributed by atoms with E-state index in [2.05, 4.69) is 0 Å². The van der Waals surface area contributed by atoms with E-state index in [1.165, 1.54) is 4.90 Å². The number of amides is 1. The van der Waals surface area contributed by atoms with Crippen molar-refractivity contribution in [2.75, 3.05) is 11.5 Å². The van der Waals surface area contributed by atoms with Crippen LogP contribution in [0.2, 0.25) is 0 Å². The van der Waals surface area contributed by atoms with Gasteiger partial charge in [-0.25, -0.2) is 0 Å². The standard InChI is InChI=1S/C29H29NO4/c1-5-15-34-24-14-13-22(17-20(24)4)27(31)25-26(21-9-7-6-8-10-21)30(29(33)28(25)32)23-16-18(2)11-12-19(23)3/h6-14,16-17,26,31H,5,15H2,1-4H3/b27-25-. The van der Waals surface area contributed by atoms with Crippen LogP contribution in [0.15, 0.2) is 72.3 Å². The summed E-state index contributed by atoms with van der Waals surface area (Å²) in [4.78, 5) is 28.2. The van der Waals surface area contributed by atoms with Crippen molar-refractivity contribution in [2.45, 2.75) is 40.2 Å². The first-order valence-corrected chi connectivity index (χ1v) is 11.5. The molecule has 4 rings (SSSR count). The topological polar surface area (TPSA) is 66.8 Å². The molecule has 34 heavy (non-hydrogen) atoms. The molecular weight excluding hydrogens is 426 g/mol. The zero-order valence-electron chi connectivity index (χ0n) is 20.0. The molecule has 5 heteroatoms. The van der Waals surface area contributed by atoms with Gasteiger partial charge in [0.05, 0.1) is 18.2 Å². The fourth-order valence-corrected chi connectivity index (χ4v) is 4.34. The molecule has 0 aromatic heterocycles. The number of aliphatic hydroxyl groups is 1. The van der Waals surface area contributed by atoms with Crippen LogP contribution in [0.1, 0.15) is 47.2 Å². The van der Waals surface area contributed by atoms with Gasteiger partial charge < -0.3 is 9.84 Å². The molecule has 3 aromatic rings. The summed E-state index contributed by atoms with van der Waals surface area (Å²) in [7, 11) is 0. The lowest BCUT2D eigenvalue weighted by molar-refractivity contribution is -0.132. The first kappa shape index (κ1) is 23.3. The van der Waals surface area contributed by atoms with E-state index < -0.39 is 17.7 Å². The van der Waals surface area contributed by atoms with E-state index in [1.54, 1.807) is 18.2 Å². The monoisotopic (exact) mass is 455 g/mol. The van der Waals surface area contributed by atoms with Crippen molar-refractivity contribution in [3.8, 4) is 5.75 Å². The largest absolute Gasteiger partial charge is 0.507 e. The summed E-state index contributed by atoms with van der Waals surface area (Å²) in [5.41, 5.74) is 4.67. The second-order valence-corrected chi connectivity index (χ2v) is 8.70. The van der Waals surface area contributed by atoms with Gasteiger partial charge in [0.15, 0.2) is 0 Å². The second-order valence-electron chi connectivity index (χ2n) is 8.70. The van der Waals surface area contributed by atoms with E-state index in [1.807, 2.05) is 76.2 Å². The van der Waals surface area contributed by atoms with Gasteiger partial charge in [-0.2, -0.15) is 0 Å². The molecule has 1 heterocycles. The molecule has 1 saturated heterocycles. The molecule has 5 nitrogen and oxygen atoms in total. The van der Waals surface area contributed by atoms with Crippen LogP contribution in [0.3, 0.4) is 0 Å². The van der Waals surface area contributed by atoms with Crippen molar-refractivity contribution < 1.29 is 19.4 Å². The van der Waals surface area contributed by atoms with Crippen LogP contribution in [-0.2, 0) is 9.59 Å². The zero-order valence-corrected chi connectivity index (χ0v) is 20.0. The van der Waals surface area contributed by atoms with Gasteiger partial charge in [-0.1, -0.05) is 49.4 Å². The van der Waals surface area contributed by atoms with Crippen LogP contribution in [-0.4, -0.2) is 23.4 Å². The molecule has 1 aliphatic heterocycles. The van der Waals surface area contributed by atoms with Gasteiger partial charge >= 0.3 is 0 Å². The Morgan fingerprint density at radius 3 is 2.35 bits per heavy atom. The number of carbonyl (C=O) groups is 2. The minimum Gasteiger partial charge on any atom is -0.507 e. The SMILES string of the molecule is CCCOc1ccc(/C(O)=C2/C(=O)C(=O)N(c3cc(C)ccc3C)C2c2ccccc2)cc1C. The van der Waals surface area contributed by atoms with Gasteiger partial charge in [0.2, 0.25) is 0 Å². The van der Waals surface area contributed by atoms with E-state index in [0.717, 1.165) is 34.4 Å². The molecule has 1 unspecified atom stereocenters. The predicted molar refractivity (Wildman–Crippen MR) is 134 cm³/mol. The van der Waals surface area contributed by atoms with Crippen molar-refractivity contribution in [1.82, 2.24) is 0 Å². The summed E-state index contributed by atoms with van der Waals surface area (Å²) < 4.78 is 5.75. The predicted octanol–water partition coefficient (Wildman–Crippen LogP) is 6.03.